The van der Waals surface area contributed by atoms with Crippen molar-refractivity contribution in [3.63, 3.8) is 0 Å². The fourth-order valence-electron chi connectivity index (χ4n) is 1.97. The van der Waals surface area contributed by atoms with Crippen molar-refractivity contribution in [3.8, 4) is 0 Å². The predicted octanol–water partition coefficient (Wildman–Crippen LogP) is 0.569. The van der Waals surface area contributed by atoms with Crippen LogP contribution in [0.3, 0.4) is 0 Å². The third-order valence-corrected chi connectivity index (χ3v) is 2.71. The summed E-state index contributed by atoms with van der Waals surface area (Å²) in [5, 5.41) is 3.35. The summed E-state index contributed by atoms with van der Waals surface area (Å²) in [6.45, 7) is 6.42. The molecule has 1 aliphatic heterocycles. The first-order valence-corrected chi connectivity index (χ1v) is 5.24. The number of rotatable bonds is 2. The van der Waals surface area contributed by atoms with Crippen LogP contribution in [-0.4, -0.2) is 31.2 Å². The van der Waals surface area contributed by atoms with Crippen LogP contribution in [0.2, 0.25) is 0 Å². The maximum Gasteiger partial charge on any atom is 0.102 e. The highest BCUT2D eigenvalue weighted by Gasteiger charge is 2.15. The number of piperazine rings is 1. The first kappa shape index (κ1) is 9.40. The predicted molar refractivity (Wildman–Crippen MR) is 59.7 cm³/mol. The summed E-state index contributed by atoms with van der Waals surface area (Å²) in [6, 6.07) is 2.05. The van der Waals surface area contributed by atoms with Crippen LogP contribution in [0.15, 0.2) is 6.07 Å². The largest absolute Gasteiger partial charge is 0.385 e. The maximum atomic E-state index is 5.76. The second kappa shape index (κ2) is 3.92. The zero-order valence-electron chi connectivity index (χ0n) is 8.64. The van der Waals surface area contributed by atoms with E-state index in [0.717, 1.165) is 38.4 Å². The van der Waals surface area contributed by atoms with Crippen molar-refractivity contribution in [2.24, 2.45) is 0 Å². The minimum atomic E-state index is 0.774. The zero-order valence-corrected chi connectivity index (χ0v) is 8.64. The van der Waals surface area contributed by atoms with Crippen LogP contribution in [0.4, 0.5) is 11.5 Å². The molecule has 0 aromatic carbocycles. The second-order valence-electron chi connectivity index (χ2n) is 3.68. The molecule has 0 unspecified atom stereocenters. The molecule has 1 aromatic rings. The van der Waals surface area contributed by atoms with Crippen molar-refractivity contribution >= 4 is 11.5 Å². The van der Waals surface area contributed by atoms with E-state index < -0.39 is 0 Å². The highest BCUT2D eigenvalue weighted by molar-refractivity contribution is 5.59. The number of hydrogen-bond donors (Lipinski definition) is 3. The Bertz CT molecular complexity index is 299. The minimum Gasteiger partial charge on any atom is -0.385 e. The fourth-order valence-corrected chi connectivity index (χ4v) is 1.97. The van der Waals surface area contributed by atoms with E-state index in [1.807, 2.05) is 6.07 Å². The van der Waals surface area contributed by atoms with E-state index in [4.69, 9.17) is 5.73 Å². The molecule has 2 heterocycles. The third-order valence-electron chi connectivity index (χ3n) is 2.71. The van der Waals surface area contributed by atoms with Gasteiger partial charge in [0.15, 0.2) is 0 Å². The summed E-state index contributed by atoms with van der Waals surface area (Å²) in [7, 11) is 0. The molecule has 0 aliphatic carbocycles. The number of nitrogens with one attached hydrogen (secondary N) is 2. The Labute approximate surface area is 84.5 Å². The molecule has 0 radical (unpaired) electrons. The average molecular weight is 194 g/mol. The molecule has 0 atom stereocenters. The summed E-state index contributed by atoms with van der Waals surface area (Å²) in [5.41, 5.74) is 8.30. The van der Waals surface area contributed by atoms with Crippen molar-refractivity contribution in [1.82, 2.24) is 10.3 Å². The Balaban J connectivity index is 2.20. The first-order chi connectivity index (χ1) is 6.81. The van der Waals surface area contributed by atoms with E-state index in [9.17, 15) is 0 Å². The number of anilines is 2. The molecule has 0 amide bonds. The molecule has 0 saturated carbocycles. The van der Waals surface area contributed by atoms with Gasteiger partial charge in [-0.1, -0.05) is 6.92 Å². The van der Waals surface area contributed by atoms with Gasteiger partial charge in [-0.2, -0.15) is 0 Å². The lowest BCUT2D eigenvalue weighted by atomic mass is 10.2. The van der Waals surface area contributed by atoms with Crippen LogP contribution in [0.1, 0.15) is 12.6 Å². The molecular weight excluding hydrogens is 176 g/mol. The monoisotopic (exact) mass is 194 g/mol. The van der Waals surface area contributed by atoms with Crippen LogP contribution in [0.5, 0.6) is 0 Å². The first-order valence-electron chi connectivity index (χ1n) is 5.24. The molecule has 4 N–H and O–H groups in total. The van der Waals surface area contributed by atoms with Crippen molar-refractivity contribution < 1.29 is 0 Å². The zero-order chi connectivity index (χ0) is 9.97. The highest BCUT2D eigenvalue weighted by Crippen LogP contribution is 2.23. The van der Waals surface area contributed by atoms with E-state index in [0.29, 0.717) is 0 Å². The summed E-state index contributed by atoms with van der Waals surface area (Å²) < 4.78 is 0. The Morgan fingerprint density at radius 1 is 1.43 bits per heavy atom. The van der Waals surface area contributed by atoms with E-state index in [1.165, 1.54) is 11.4 Å². The van der Waals surface area contributed by atoms with Gasteiger partial charge in [0, 0.05) is 37.9 Å². The average Bonchev–Trinajstić information content (AvgIpc) is 2.61. The van der Waals surface area contributed by atoms with Gasteiger partial charge in [0.25, 0.3) is 0 Å². The van der Waals surface area contributed by atoms with Crippen molar-refractivity contribution in [3.05, 3.63) is 11.8 Å². The Morgan fingerprint density at radius 2 is 2.14 bits per heavy atom. The molecule has 14 heavy (non-hydrogen) atoms. The van der Waals surface area contributed by atoms with Gasteiger partial charge in [-0.3, -0.25) is 0 Å². The molecule has 1 saturated heterocycles. The molecule has 1 fully saturated rings. The van der Waals surface area contributed by atoms with Gasteiger partial charge in [-0.05, 0) is 6.42 Å². The number of hydrogen-bond acceptors (Lipinski definition) is 3. The summed E-state index contributed by atoms with van der Waals surface area (Å²) in [6.07, 6.45) is 1.01. The summed E-state index contributed by atoms with van der Waals surface area (Å²) in [4.78, 5) is 5.60. The van der Waals surface area contributed by atoms with Gasteiger partial charge in [0.05, 0.1) is 5.69 Å². The maximum absolute atomic E-state index is 5.76. The molecule has 1 aliphatic rings. The van der Waals surface area contributed by atoms with Crippen molar-refractivity contribution in [1.29, 1.82) is 0 Å². The topological polar surface area (TPSA) is 57.1 Å². The van der Waals surface area contributed by atoms with Gasteiger partial charge in [0.2, 0.25) is 0 Å². The standard InChI is InChI=1S/C10H18N4/c1-2-8-9(7-10(11)13-8)14-5-3-12-4-6-14/h7,12-13H,2-6,11H2,1H3. The number of aromatic nitrogens is 1. The van der Waals surface area contributed by atoms with Gasteiger partial charge < -0.3 is 20.9 Å². The van der Waals surface area contributed by atoms with Gasteiger partial charge in [0.1, 0.15) is 5.82 Å². The molecule has 1 aromatic heterocycles. The smallest absolute Gasteiger partial charge is 0.102 e. The van der Waals surface area contributed by atoms with E-state index in [2.05, 4.69) is 22.1 Å². The second-order valence-corrected chi connectivity index (χ2v) is 3.68. The molecule has 2 rings (SSSR count). The van der Waals surface area contributed by atoms with E-state index in [-0.39, 0.29) is 0 Å². The Hall–Kier alpha value is -1.16. The number of H-pyrrole nitrogens is 1. The number of nitrogen functional groups attached to an aromatic ring is 1. The molecule has 4 nitrogen and oxygen atoms in total. The summed E-state index contributed by atoms with van der Waals surface area (Å²) in [5.74, 6) is 0.774. The number of aryl methyl sites for hydroxylation is 1. The van der Waals surface area contributed by atoms with Crippen molar-refractivity contribution in [2.45, 2.75) is 13.3 Å². The van der Waals surface area contributed by atoms with Crippen LogP contribution in [-0.2, 0) is 6.42 Å². The molecule has 4 heteroatoms. The molecule has 0 bridgehead atoms. The number of aromatic amines is 1. The quantitative estimate of drug-likeness (QED) is 0.645. The third kappa shape index (κ3) is 1.70. The number of nitrogens with two attached hydrogens (primary N) is 1. The van der Waals surface area contributed by atoms with Crippen LogP contribution < -0.4 is 16.0 Å². The normalized spacial score (nSPS) is 17.4. The fraction of sp³-hybridized carbons (Fsp3) is 0.600. The van der Waals surface area contributed by atoms with Gasteiger partial charge in [-0.25, -0.2) is 0 Å². The lowest BCUT2D eigenvalue weighted by molar-refractivity contribution is 0.588. The van der Waals surface area contributed by atoms with Gasteiger partial charge >= 0.3 is 0 Å². The van der Waals surface area contributed by atoms with Crippen molar-refractivity contribution in [2.75, 3.05) is 36.8 Å². The highest BCUT2D eigenvalue weighted by atomic mass is 15.2. The van der Waals surface area contributed by atoms with E-state index >= 15 is 0 Å². The minimum absolute atomic E-state index is 0.774. The van der Waals surface area contributed by atoms with Crippen LogP contribution in [0.25, 0.3) is 0 Å². The van der Waals surface area contributed by atoms with Crippen LogP contribution >= 0.6 is 0 Å². The SMILES string of the molecule is CCc1[nH]c(N)cc1N1CCNCC1. The summed E-state index contributed by atoms with van der Waals surface area (Å²) >= 11 is 0. The molecule has 78 valence electrons. The van der Waals surface area contributed by atoms with Crippen LogP contribution in [0, 0.1) is 0 Å². The molecule has 0 spiro atoms. The Kier molecular flexibility index (Phi) is 2.63. The van der Waals surface area contributed by atoms with Gasteiger partial charge in [-0.15, -0.1) is 0 Å². The lowest BCUT2D eigenvalue weighted by Gasteiger charge is -2.29. The van der Waals surface area contributed by atoms with E-state index in [1.54, 1.807) is 0 Å². The number of nitrogens with zero attached hydrogens (tertiary/aromatic N) is 1. The molecular formula is C10H18N4. The lowest BCUT2D eigenvalue weighted by Crippen LogP contribution is -2.43. The Morgan fingerprint density at radius 3 is 2.79 bits per heavy atom.